The minimum Gasteiger partial charge on any atom is -0.494 e. The molecule has 0 spiro atoms. The van der Waals surface area contributed by atoms with Gasteiger partial charge in [0.2, 0.25) is 9.84 Å². The third-order valence-electron chi connectivity index (χ3n) is 3.20. The van der Waals surface area contributed by atoms with Gasteiger partial charge in [-0.15, -0.1) is 0 Å². The first-order valence-electron chi connectivity index (χ1n) is 6.65. The van der Waals surface area contributed by atoms with Gasteiger partial charge in [0.05, 0.1) is 12.0 Å². The first-order chi connectivity index (χ1) is 10.9. The number of benzene rings is 2. The maximum Gasteiger partial charge on any atom is 0.216 e. The van der Waals surface area contributed by atoms with Gasteiger partial charge >= 0.3 is 0 Å². The van der Waals surface area contributed by atoms with Crippen LogP contribution in [0.15, 0.2) is 52.3 Å². The molecule has 0 aliphatic heterocycles. The van der Waals surface area contributed by atoms with E-state index in [1.54, 1.807) is 18.2 Å². The van der Waals surface area contributed by atoms with Gasteiger partial charge in [-0.3, -0.25) is 0 Å². The minimum absolute atomic E-state index is 0.0184. The number of hydrogen-bond donors (Lipinski definition) is 0. The van der Waals surface area contributed by atoms with Crippen LogP contribution in [-0.4, -0.2) is 15.5 Å². The van der Waals surface area contributed by atoms with Gasteiger partial charge in [-0.1, -0.05) is 23.8 Å². The molecule has 6 heteroatoms. The first-order valence-corrected chi connectivity index (χ1v) is 8.14. The summed E-state index contributed by atoms with van der Waals surface area (Å²) in [5.74, 6) is -0.590. The van der Waals surface area contributed by atoms with E-state index in [9.17, 15) is 18.1 Å². The van der Waals surface area contributed by atoms with E-state index in [4.69, 9.17) is 4.74 Å². The molecule has 2 aromatic rings. The number of methoxy groups -OCH3 is 1. The molecule has 118 valence electrons. The summed E-state index contributed by atoms with van der Waals surface area (Å²) in [6.45, 7) is 1.83. The van der Waals surface area contributed by atoms with Crippen LogP contribution in [0.5, 0.6) is 5.75 Å². The van der Waals surface area contributed by atoms with E-state index >= 15 is 0 Å². The van der Waals surface area contributed by atoms with E-state index in [-0.39, 0.29) is 16.2 Å². The van der Waals surface area contributed by atoms with Crippen LogP contribution in [-0.2, 0) is 9.84 Å². The monoisotopic (exact) mass is 331 g/mol. The molecule has 0 unspecified atom stereocenters. The molecule has 23 heavy (non-hydrogen) atoms. The molecular formula is C17H14FNO3S. The fraction of sp³-hybridized carbons (Fsp3) is 0.118. The van der Waals surface area contributed by atoms with Crippen LogP contribution >= 0.6 is 0 Å². The summed E-state index contributed by atoms with van der Waals surface area (Å²) in [5, 5.41) is 9.19. The minimum atomic E-state index is -3.95. The highest BCUT2D eigenvalue weighted by Gasteiger charge is 2.20. The second-order valence-electron chi connectivity index (χ2n) is 4.83. The molecule has 2 rings (SSSR count). The molecule has 0 heterocycles. The molecular weight excluding hydrogens is 317 g/mol. The number of rotatable bonds is 4. The van der Waals surface area contributed by atoms with Crippen molar-refractivity contribution in [1.82, 2.24) is 0 Å². The smallest absolute Gasteiger partial charge is 0.216 e. The highest BCUT2D eigenvalue weighted by Crippen LogP contribution is 2.24. The molecule has 4 nitrogen and oxygen atoms in total. The number of nitriles is 1. The van der Waals surface area contributed by atoms with Crippen molar-refractivity contribution in [2.24, 2.45) is 0 Å². The van der Waals surface area contributed by atoms with Gasteiger partial charge in [-0.2, -0.15) is 5.26 Å². The zero-order chi connectivity index (χ0) is 17.0. The molecule has 0 aliphatic carbocycles. The van der Waals surface area contributed by atoms with Crippen molar-refractivity contribution in [2.75, 3.05) is 7.11 Å². The summed E-state index contributed by atoms with van der Waals surface area (Å²) < 4.78 is 43.4. The van der Waals surface area contributed by atoms with Crippen molar-refractivity contribution >= 4 is 15.9 Å². The lowest BCUT2D eigenvalue weighted by atomic mass is 10.2. The number of ether oxygens (including phenoxy) is 1. The van der Waals surface area contributed by atoms with Gasteiger partial charge in [0.1, 0.15) is 11.0 Å². The lowest BCUT2D eigenvalue weighted by Gasteiger charge is -2.05. The van der Waals surface area contributed by atoms with E-state index in [2.05, 4.69) is 0 Å². The van der Waals surface area contributed by atoms with Crippen LogP contribution in [0.25, 0.3) is 6.08 Å². The highest BCUT2D eigenvalue weighted by molar-refractivity contribution is 7.95. The van der Waals surface area contributed by atoms with E-state index in [1.807, 2.05) is 6.92 Å². The van der Waals surface area contributed by atoms with Crippen LogP contribution in [0.2, 0.25) is 0 Å². The molecule has 0 saturated carbocycles. The third kappa shape index (κ3) is 3.58. The molecule has 0 atom stereocenters. The molecule has 0 radical (unpaired) electrons. The maximum absolute atomic E-state index is 13.7. The quantitative estimate of drug-likeness (QED) is 0.805. The fourth-order valence-electron chi connectivity index (χ4n) is 1.94. The van der Waals surface area contributed by atoms with Crippen molar-refractivity contribution < 1.29 is 17.5 Å². The van der Waals surface area contributed by atoms with Crippen molar-refractivity contribution in [3.63, 3.8) is 0 Å². The number of hydrogen-bond acceptors (Lipinski definition) is 4. The summed E-state index contributed by atoms with van der Waals surface area (Å²) in [4.78, 5) is -0.434. The number of nitrogens with zero attached hydrogens (tertiary/aromatic N) is 1. The lowest BCUT2D eigenvalue weighted by molar-refractivity contribution is 0.386. The van der Waals surface area contributed by atoms with E-state index in [1.165, 1.54) is 31.4 Å². The summed E-state index contributed by atoms with van der Waals surface area (Å²) in [6, 6.07) is 11.8. The second kappa shape index (κ2) is 6.63. The molecule has 0 bridgehead atoms. The number of halogens is 1. The Labute approximate surface area is 134 Å². The predicted molar refractivity (Wildman–Crippen MR) is 84.9 cm³/mol. The van der Waals surface area contributed by atoms with Crippen LogP contribution < -0.4 is 4.74 Å². The van der Waals surface area contributed by atoms with Crippen LogP contribution in [0.1, 0.15) is 11.1 Å². The number of sulfone groups is 1. The predicted octanol–water partition coefficient (Wildman–Crippen LogP) is 3.48. The summed E-state index contributed by atoms with van der Waals surface area (Å²) in [7, 11) is -2.62. The van der Waals surface area contributed by atoms with Gasteiger partial charge in [-0.05, 0) is 42.8 Å². The number of aryl methyl sites for hydroxylation is 1. The van der Waals surface area contributed by atoms with Gasteiger partial charge in [0, 0.05) is 0 Å². The van der Waals surface area contributed by atoms with E-state index in [0.717, 1.165) is 17.7 Å². The Morgan fingerprint density at radius 3 is 2.39 bits per heavy atom. The van der Waals surface area contributed by atoms with Gasteiger partial charge in [0.15, 0.2) is 11.6 Å². The van der Waals surface area contributed by atoms with E-state index < -0.39 is 20.6 Å². The zero-order valence-corrected chi connectivity index (χ0v) is 13.4. The van der Waals surface area contributed by atoms with Gasteiger partial charge in [-0.25, -0.2) is 12.8 Å². The molecule has 0 N–H and O–H groups in total. The molecule has 0 saturated heterocycles. The number of allylic oxidation sites excluding steroid dienone is 1. The van der Waals surface area contributed by atoms with Crippen molar-refractivity contribution in [3.8, 4) is 11.8 Å². The Bertz CT molecular complexity index is 894. The fourth-order valence-corrected chi connectivity index (χ4v) is 3.10. The second-order valence-corrected chi connectivity index (χ2v) is 6.75. The van der Waals surface area contributed by atoms with Crippen molar-refractivity contribution in [2.45, 2.75) is 11.8 Å². The normalized spacial score (nSPS) is 11.8. The molecule has 0 amide bonds. The van der Waals surface area contributed by atoms with Crippen molar-refractivity contribution in [1.29, 1.82) is 5.26 Å². The average molecular weight is 331 g/mol. The Morgan fingerprint density at radius 1 is 1.22 bits per heavy atom. The molecule has 0 fully saturated rings. The Morgan fingerprint density at radius 2 is 1.87 bits per heavy atom. The third-order valence-corrected chi connectivity index (χ3v) is 4.89. The Balaban J connectivity index is 2.48. The maximum atomic E-state index is 13.7. The largest absolute Gasteiger partial charge is 0.494 e. The SMILES string of the molecule is COc1ccc(C=C(C#N)S(=O)(=O)c2ccc(C)cc2)cc1F. The standard InChI is InChI=1S/C17H14FNO3S/c1-12-3-6-14(7-4-12)23(20,21)15(11-19)9-13-5-8-17(22-2)16(18)10-13/h3-10H,1-2H3. The average Bonchev–Trinajstić information content (AvgIpc) is 2.53. The highest BCUT2D eigenvalue weighted by atomic mass is 32.2. The summed E-state index contributed by atoms with van der Waals surface area (Å²) >= 11 is 0. The van der Waals surface area contributed by atoms with Gasteiger partial charge in [0.25, 0.3) is 0 Å². The van der Waals surface area contributed by atoms with Gasteiger partial charge < -0.3 is 4.74 Å². The summed E-state index contributed by atoms with van der Waals surface area (Å²) in [6.07, 6.45) is 1.14. The Kier molecular flexibility index (Phi) is 4.82. The Hall–Kier alpha value is -2.65. The zero-order valence-electron chi connectivity index (χ0n) is 12.6. The lowest BCUT2D eigenvalue weighted by Crippen LogP contribution is -2.03. The van der Waals surface area contributed by atoms with E-state index in [0.29, 0.717) is 0 Å². The molecule has 2 aromatic carbocycles. The summed E-state index contributed by atoms with van der Waals surface area (Å²) in [5.41, 5.74) is 1.17. The molecule has 0 aliphatic rings. The van der Waals surface area contributed by atoms with Crippen molar-refractivity contribution in [3.05, 3.63) is 64.3 Å². The van der Waals surface area contributed by atoms with Crippen LogP contribution in [0.3, 0.4) is 0 Å². The first kappa shape index (κ1) is 16.7. The molecule has 0 aromatic heterocycles. The van der Waals surface area contributed by atoms with Crippen LogP contribution in [0.4, 0.5) is 4.39 Å². The van der Waals surface area contributed by atoms with Crippen LogP contribution in [0, 0.1) is 24.1 Å². The topological polar surface area (TPSA) is 67.2 Å².